The van der Waals surface area contributed by atoms with Crippen molar-refractivity contribution in [3.8, 4) is 55.6 Å². The number of para-hydroxylation sites is 2. The van der Waals surface area contributed by atoms with Gasteiger partial charge in [0, 0.05) is 27.7 Å². The fraction of sp³-hybridized carbons (Fsp3) is 0. The second-order valence-electron chi connectivity index (χ2n) is 16.4. The summed E-state index contributed by atoms with van der Waals surface area (Å²) in [6.45, 7) is 0. The fourth-order valence-corrected chi connectivity index (χ4v) is 9.58. The first-order valence-electron chi connectivity index (χ1n) is 21.9. The van der Waals surface area contributed by atoms with E-state index in [0.29, 0.717) is 0 Å². The molecule has 2 nitrogen and oxygen atoms in total. The van der Waals surface area contributed by atoms with Gasteiger partial charge in [0.1, 0.15) is 11.2 Å². The van der Waals surface area contributed by atoms with Crippen LogP contribution in [0, 0.1) is 0 Å². The molecule has 300 valence electrons. The van der Waals surface area contributed by atoms with Crippen molar-refractivity contribution in [2.24, 2.45) is 0 Å². The Morgan fingerprint density at radius 2 is 0.688 bits per heavy atom. The van der Waals surface area contributed by atoms with Gasteiger partial charge in [0.05, 0.1) is 5.69 Å². The molecule has 0 unspecified atom stereocenters. The van der Waals surface area contributed by atoms with E-state index >= 15 is 0 Å². The second-order valence-corrected chi connectivity index (χ2v) is 16.4. The molecule has 0 amide bonds. The standard InChI is InChI=1S/C62H41NO/c1-3-17-51-44(13-1)15-11-23-52(51)46-29-27-42(28-30-46)43-31-36-49(37-32-43)63(60-25-9-7-20-55(60)48-35-40-62-59(41-48)58-22-8-10-26-61(58)64-62)50-38-33-47(34-39-50)54-19-5-6-21-56(54)57-24-12-16-45-14-2-4-18-53(45)57/h1-41H. The van der Waals surface area contributed by atoms with Crippen molar-refractivity contribution in [2.45, 2.75) is 0 Å². The lowest BCUT2D eigenvalue weighted by Gasteiger charge is -2.28. The minimum Gasteiger partial charge on any atom is -0.456 e. The van der Waals surface area contributed by atoms with E-state index in [2.05, 4.69) is 241 Å². The summed E-state index contributed by atoms with van der Waals surface area (Å²) >= 11 is 0. The van der Waals surface area contributed by atoms with E-state index in [-0.39, 0.29) is 0 Å². The molecule has 0 radical (unpaired) electrons. The van der Waals surface area contributed by atoms with Crippen molar-refractivity contribution >= 4 is 60.5 Å². The minimum absolute atomic E-state index is 0.888. The van der Waals surface area contributed by atoms with Gasteiger partial charge >= 0.3 is 0 Å². The van der Waals surface area contributed by atoms with Crippen LogP contribution in [0.4, 0.5) is 17.1 Å². The summed E-state index contributed by atoms with van der Waals surface area (Å²) < 4.78 is 6.25. The Morgan fingerprint density at radius 1 is 0.250 bits per heavy atom. The molecule has 2 heteroatoms. The zero-order valence-electron chi connectivity index (χ0n) is 35.0. The fourth-order valence-electron chi connectivity index (χ4n) is 9.58. The SMILES string of the molecule is c1ccc(-c2cccc3ccccc23)c(-c2ccc(N(c3ccc(-c4ccc(-c5cccc6ccccc56)cc4)cc3)c3ccccc3-c3ccc4oc5ccccc5c4c3)cc2)c1. The molecule has 0 aliphatic heterocycles. The lowest BCUT2D eigenvalue weighted by Crippen LogP contribution is -2.11. The summed E-state index contributed by atoms with van der Waals surface area (Å²) in [7, 11) is 0. The van der Waals surface area contributed by atoms with Crippen molar-refractivity contribution in [1.82, 2.24) is 0 Å². The maximum Gasteiger partial charge on any atom is 0.135 e. The Bertz CT molecular complexity index is 3640. The molecule has 0 aliphatic rings. The average molecular weight is 816 g/mol. The van der Waals surface area contributed by atoms with E-state index in [1.165, 1.54) is 66.1 Å². The first kappa shape index (κ1) is 37.3. The summed E-state index contributed by atoms with van der Waals surface area (Å²) in [5.41, 5.74) is 16.9. The molecule has 0 N–H and O–H groups in total. The number of rotatable bonds is 8. The molecule has 0 spiro atoms. The maximum absolute atomic E-state index is 6.25. The van der Waals surface area contributed by atoms with Crippen LogP contribution in [0.2, 0.25) is 0 Å². The van der Waals surface area contributed by atoms with Crippen LogP contribution in [0.5, 0.6) is 0 Å². The van der Waals surface area contributed by atoms with E-state index in [4.69, 9.17) is 4.42 Å². The monoisotopic (exact) mass is 815 g/mol. The second kappa shape index (κ2) is 15.8. The van der Waals surface area contributed by atoms with Crippen LogP contribution in [0.15, 0.2) is 253 Å². The highest BCUT2D eigenvalue weighted by molar-refractivity contribution is 6.07. The predicted octanol–water partition coefficient (Wildman–Crippen LogP) is 17.7. The zero-order valence-corrected chi connectivity index (χ0v) is 35.0. The minimum atomic E-state index is 0.888. The molecule has 11 aromatic carbocycles. The number of hydrogen-bond acceptors (Lipinski definition) is 2. The van der Waals surface area contributed by atoms with E-state index in [9.17, 15) is 0 Å². The van der Waals surface area contributed by atoms with Gasteiger partial charge in [0.2, 0.25) is 0 Å². The molecule has 12 aromatic rings. The molecule has 0 atom stereocenters. The van der Waals surface area contributed by atoms with Gasteiger partial charge in [-0.1, -0.05) is 200 Å². The van der Waals surface area contributed by atoms with E-state index in [1.807, 2.05) is 12.1 Å². The summed E-state index contributed by atoms with van der Waals surface area (Å²) in [4.78, 5) is 2.39. The summed E-state index contributed by atoms with van der Waals surface area (Å²) in [6, 6.07) is 89.7. The molecule has 12 rings (SSSR count). The molecule has 0 aliphatic carbocycles. The van der Waals surface area contributed by atoms with Gasteiger partial charge in [-0.3, -0.25) is 0 Å². The number of benzene rings is 11. The van der Waals surface area contributed by atoms with Gasteiger partial charge in [-0.2, -0.15) is 0 Å². The highest BCUT2D eigenvalue weighted by Gasteiger charge is 2.19. The van der Waals surface area contributed by atoms with Crippen LogP contribution in [0.1, 0.15) is 0 Å². The normalized spacial score (nSPS) is 11.4. The smallest absolute Gasteiger partial charge is 0.135 e. The largest absolute Gasteiger partial charge is 0.456 e. The van der Waals surface area contributed by atoms with Crippen LogP contribution in [0.25, 0.3) is 99.1 Å². The lowest BCUT2D eigenvalue weighted by molar-refractivity contribution is 0.669. The van der Waals surface area contributed by atoms with Gasteiger partial charge in [0.25, 0.3) is 0 Å². The van der Waals surface area contributed by atoms with E-state index in [1.54, 1.807) is 0 Å². The van der Waals surface area contributed by atoms with Crippen molar-refractivity contribution in [2.75, 3.05) is 4.90 Å². The van der Waals surface area contributed by atoms with Gasteiger partial charge in [-0.05, 0) is 120 Å². The van der Waals surface area contributed by atoms with Crippen LogP contribution >= 0.6 is 0 Å². The molecule has 64 heavy (non-hydrogen) atoms. The molecule has 0 bridgehead atoms. The third-order valence-electron chi connectivity index (χ3n) is 12.7. The number of furan rings is 1. The van der Waals surface area contributed by atoms with Crippen LogP contribution in [0.3, 0.4) is 0 Å². The first-order chi connectivity index (χ1) is 31.7. The van der Waals surface area contributed by atoms with Gasteiger partial charge in [-0.25, -0.2) is 0 Å². The number of nitrogens with zero attached hydrogens (tertiary/aromatic N) is 1. The first-order valence-corrected chi connectivity index (χ1v) is 21.9. The van der Waals surface area contributed by atoms with E-state index < -0.39 is 0 Å². The third-order valence-corrected chi connectivity index (χ3v) is 12.7. The number of anilines is 3. The molecule has 0 fully saturated rings. The van der Waals surface area contributed by atoms with Crippen molar-refractivity contribution in [1.29, 1.82) is 0 Å². The highest BCUT2D eigenvalue weighted by Crippen LogP contribution is 2.44. The quantitative estimate of drug-likeness (QED) is 0.152. The van der Waals surface area contributed by atoms with Crippen LogP contribution in [-0.4, -0.2) is 0 Å². The van der Waals surface area contributed by atoms with Crippen LogP contribution < -0.4 is 4.90 Å². The summed E-state index contributed by atoms with van der Waals surface area (Å²) in [6.07, 6.45) is 0. The van der Waals surface area contributed by atoms with Crippen molar-refractivity contribution in [3.05, 3.63) is 249 Å². The Hall–Kier alpha value is -8.46. The maximum atomic E-state index is 6.25. The molecular formula is C62H41NO. The van der Waals surface area contributed by atoms with Gasteiger partial charge < -0.3 is 9.32 Å². The Balaban J connectivity index is 0.951. The van der Waals surface area contributed by atoms with Crippen LogP contribution in [-0.2, 0) is 0 Å². The molecule has 1 heterocycles. The topological polar surface area (TPSA) is 16.4 Å². The van der Waals surface area contributed by atoms with Crippen molar-refractivity contribution in [3.63, 3.8) is 0 Å². The summed E-state index contributed by atoms with van der Waals surface area (Å²) in [5.74, 6) is 0. The van der Waals surface area contributed by atoms with Crippen molar-refractivity contribution < 1.29 is 4.42 Å². The Morgan fingerprint density at radius 3 is 1.39 bits per heavy atom. The summed E-state index contributed by atoms with van der Waals surface area (Å²) in [5, 5.41) is 7.24. The predicted molar refractivity (Wildman–Crippen MR) is 271 cm³/mol. The Labute approximate surface area is 372 Å². The molecule has 0 saturated heterocycles. The molecule has 1 aromatic heterocycles. The lowest BCUT2D eigenvalue weighted by atomic mass is 9.91. The van der Waals surface area contributed by atoms with Gasteiger partial charge in [-0.15, -0.1) is 0 Å². The zero-order chi connectivity index (χ0) is 42.4. The number of fused-ring (bicyclic) bond motifs is 5. The van der Waals surface area contributed by atoms with E-state index in [0.717, 1.165) is 50.1 Å². The molecule has 0 saturated carbocycles. The number of hydrogen-bond donors (Lipinski definition) is 0. The highest BCUT2D eigenvalue weighted by atomic mass is 16.3. The third kappa shape index (κ3) is 6.61. The van der Waals surface area contributed by atoms with Gasteiger partial charge in [0.15, 0.2) is 0 Å². The molecular weight excluding hydrogens is 775 g/mol. The average Bonchev–Trinajstić information content (AvgIpc) is 3.75. The Kier molecular flexibility index (Phi) is 9.20.